The molecule has 19 heavy (non-hydrogen) atoms. The van der Waals surface area contributed by atoms with E-state index < -0.39 is 6.17 Å². The first kappa shape index (κ1) is 12.9. The Bertz CT molecular complexity index is 553. The molecular weight excluding hydrogens is 246 g/mol. The van der Waals surface area contributed by atoms with Crippen molar-refractivity contribution < 1.29 is 9.94 Å². The molecule has 0 fully saturated rings. The summed E-state index contributed by atoms with van der Waals surface area (Å²) in [5, 5.41) is 18.5. The summed E-state index contributed by atoms with van der Waals surface area (Å²) < 4.78 is 5.09. The topological polar surface area (TPSA) is 109 Å². The monoisotopic (exact) mass is 261 g/mol. The Morgan fingerprint density at radius 3 is 2.74 bits per heavy atom. The van der Waals surface area contributed by atoms with Crippen molar-refractivity contribution in [3.63, 3.8) is 0 Å². The molecule has 1 aliphatic rings. The lowest BCUT2D eigenvalue weighted by molar-refractivity contribution is -0.0647. The average Bonchev–Trinajstić information content (AvgIpc) is 2.39. The summed E-state index contributed by atoms with van der Waals surface area (Å²) in [4.78, 5) is 0. The van der Waals surface area contributed by atoms with Gasteiger partial charge in [-0.15, -0.1) is 0 Å². The molecule has 1 heterocycles. The Balaban J connectivity index is 2.23. The number of hydrogen-bond acceptors (Lipinski definition) is 7. The third-order valence-electron chi connectivity index (χ3n) is 2.57. The van der Waals surface area contributed by atoms with Gasteiger partial charge in [-0.05, 0) is 18.2 Å². The van der Waals surface area contributed by atoms with E-state index in [1.165, 1.54) is 13.3 Å². The van der Waals surface area contributed by atoms with E-state index in [1.807, 2.05) is 0 Å². The van der Waals surface area contributed by atoms with Gasteiger partial charge in [-0.3, -0.25) is 5.21 Å². The quantitative estimate of drug-likeness (QED) is 0.569. The summed E-state index contributed by atoms with van der Waals surface area (Å²) in [5.41, 5.74) is 12.8. The second-order valence-electron chi connectivity index (χ2n) is 3.89. The highest BCUT2D eigenvalue weighted by molar-refractivity contribution is 5.73. The number of nitrogen functional groups attached to an aromatic ring is 2. The van der Waals surface area contributed by atoms with E-state index in [0.717, 1.165) is 5.06 Å². The van der Waals surface area contributed by atoms with Crippen LogP contribution in [-0.2, 0) is 0 Å². The number of azo groups is 1. The Hall–Kier alpha value is -2.54. The van der Waals surface area contributed by atoms with Crippen LogP contribution in [0.1, 0.15) is 0 Å². The zero-order chi connectivity index (χ0) is 13.8. The minimum absolute atomic E-state index is 0.391. The highest BCUT2D eigenvalue weighted by Gasteiger charge is 2.11. The van der Waals surface area contributed by atoms with Crippen molar-refractivity contribution in [2.75, 3.05) is 18.6 Å². The molecule has 7 heteroatoms. The molecule has 2 rings (SSSR count). The molecule has 1 aromatic rings. The van der Waals surface area contributed by atoms with Crippen LogP contribution in [0.5, 0.6) is 5.75 Å². The summed E-state index contributed by atoms with van der Waals surface area (Å²) in [5.74, 6) is 0.475. The lowest BCUT2D eigenvalue weighted by Gasteiger charge is -2.18. The van der Waals surface area contributed by atoms with Crippen LogP contribution in [-0.4, -0.2) is 23.5 Å². The maximum Gasteiger partial charge on any atom is 0.184 e. The molecule has 0 saturated heterocycles. The van der Waals surface area contributed by atoms with E-state index in [0.29, 0.717) is 22.8 Å². The maximum absolute atomic E-state index is 9.53. The lowest BCUT2D eigenvalue weighted by atomic mass is 10.2. The number of nitrogens with zero attached hydrogens (tertiary/aromatic N) is 3. The molecule has 0 saturated carbocycles. The fraction of sp³-hybridized carbons (Fsp3) is 0.167. The molecule has 0 spiro atoms. The first-order valence-corrected chi connectivity index (χ1v) is 5.58. The number of rotatable bonds is 3. The van der Waals surface area contributed by atoms with Crippen molar-refractivity contribution in [2.45, 2.75) is 6.17 Å². The van der Waals surface area contributed by atoms with Crippen LogP contribution in [0.25, 0.3) is 0 Å². The van der Waals surface area contributed by atoms with Gasteiger partial charge < -0.3 is 16.2 Å². The number of allylic oxidation sites excluding steroid dienone is 2. The van der Waals surface area contributed by atoms with E-state index in [1.54, 1.807) is 30.4 Å². The van der Waals surface area contributed by atoms with Gasteiger partial charge >= 0.3 is 0 Å². The number of hydroxylamine groups is 2. The molecule has 1 atom stereocenters. The minimum Gasteiger partial charge on any atom is -0.495 e. The van der Waals surface area contributed by atoms with Crippen LogP contribution in [0, 0.1) is 0 Å². The largest absolute Gasteiger partial charge is 0.495 e. The average molecular weight is 261 g/mol. The van der Waals surface area contributed by atoms with Gasteiger partial charge in [0.1, 0.15) is 11.4 Å². The number of nitrogens with two attached hydrogens (primary N) is 2. The zero-order valence-corrected chi connectivity index (χ0v) is 10.4. The number of anilines is 2. The van der Waals surface area contributed by atoms with Crippen LogP contribution >= 0.6 is 0 Å². The Morgan fingerprint density at radius 1 is 1.26 bits per heavy atom. The SMILES string of the molecule is COc1cc(N=NC2C=CC=CN2O)c(N)cc1N. The van der Waals surface area contributed by atoms with Crippen molar-refractivity contribution in [1.29, 1.82) is 0 Å². The standard InChI is InChI=1S/C12H15N5O2/c1-19-11-7-10(8(13)6-9(11)14)15-16-12-4-2-3-5-17(12)18/h2-7,12,18H,13-14H2,1H3. The summed E-state index contributed by atoms with van der Waals surface area (Å²) in [7, 11) is 1.51. The number of ether oxygens (including phenoxy) is 1. The van der Waals surface area contributed by atoms with Crippen LogP contribution in [0.15, 0.2) is 46.8 Å². The lowest BCUT2D eigenvalue weighted by Crippen LogP contribution is -2.24. The molecule has 7 nitrogen and oxygen atoms in total. The number of benzene rings is 1. The first-order valence-electron chi connectivity index (χ1n) is 5.58. The molecule has 100 valence electrons. The fourth-order valence-corrected chi connectivity index (χ4v) is 1.56. The normalized spacial score (nSPS) is 18.2. The van der Waals surface area contributed by atoms with Gasteiger partial charge in [0, 0.05) is 12.3 Å². The van der Waals surface area contributed by atoms with Gasteiger partial charge in [-0.2, -0.15) is 10.2 Å². The van der Waals surface area contributed by atoms with E-state index in [9.17, 15) is 5.21 Å². The van der Waals surface area contributed by atoms with Crippen molar-refractivity contribution in [3.8, 4) is 5.75 Å². The second kappa shape index (κ2) is 5.40. The summed E-state index contributed by atoms with van der Waals surface area (Å²) in [6.45, 7) is 0. The van der Waals surface area contributed by atoms with Gasteiger partial charge in [0.2, 0.25) is 0 Å². The van der Waals surface area contributed by atoms with Gasteiger partial charge in [0.05, 0.1) is 18.5 Å². The molecular formula is C12H15N5O2. The summed E-state index contributed by atoms with van der Waals surface area (Å²) >= 11 is 0. The van der Waals surface area contributed by atoms with Crippen molar-refractivity contribution in [1.82, 2.24) is 5.06 Å². The number of hydrogen-bond donors (Lipinski definition) is 3. The highest BCUT2D eigenvalue weighted by Crippen LogP contribution is 2.33. The van der Waals surface area contributed by atoms with E-state index in [4.69, 9.17) is 16.2 Å². The molecule has 1 unspecified atom stereocenters. The molecule has 0 bridgehead atoms. The van der Waals surface area contributed by atoms with E-state index in [-0.39, 0.29) is 0 Å². The van der Waals surface area contributed by atoms with Crippen molar-refractivity contribution in [3.05, 3.63) is 36.6 Å². The van der Waals surface area contributed by atoms with Gasteiger partial charge in [-0.25, -0.2) is 5.06 Å². The predicted octanol–water partition coefficient (Wildman–Crippen LogP) is 2.04. The molecule has 1 aliphatic heterocycles. The third-order valence-corrected chi connectivity index (χ3v) is 2.57. The zero-order valence-electron chi connectivity index (χ0n) is 10.4. The van der Waals surface area contributed by atoms with E-state index >= 15 is 0 Å². The Labute approximate surface area is 110 Å². The summed E-state index contributed by atoms with van der Waals surface area (Å²) in [6, 6.07) is 3.15. The van der Waals surface area contributed by atoms with Crippen molar-refractivity contribution in [2.24, 2.45) is 10.2 Å². The first-order chi connectivity index (χ1) is 9.11. The molecule has 5 N–H and O–H groups in total. The van der Waals surface area contributed by atoms with Gasteiger partial charge in [0.15, 0.2) is 6.17 Å². The van der Waals surface area contributed by atoms with Gasteiger partial charge in [-0.1, -0.05) is 6.08 Å². The van der Waals surface area contributed by atoms with Crippen LogP contribution in [0.4, 0.5) is 17.1 Å². The fourth-order valence-electron chi connectivity index (χ4n) is 1.56. The Morgan fingerprint density at radius 2 is 2.05 bits per heavy atom. The Kier molecular flexibility index (Phi) is 3.67. The summed E-state index contributed by atoms with van der Waals surface area (Å²) in [6.07, 6.45) is 6.05. The van der Waals surface area contributed by atoms with Crippen molar-refractivity contribution >= 4 is 17.1 Å². The molecule has 0 amide bonds. The smallest absolute Gasteiger partial charge is 0.184 e. The highest BCUT2D eigenvalue weighted by atomic mass is 16.5. The predicted molar refractivity (Wildman–Crippen MR) is 72.0 cm³/mol. The third kappa shape index (κ3) is 2.83. The molecule has 0 aromatic heterocycles. The van der Waals surface area contributed by atoms with Crippen LogP contribution < -0.4 is 16.2 Å². The molecule has 0 radical (unpaired) electrons. The minimum atomic E-state index is -0.576. The van der Waals surface area contributed by atoms with Crippen LogP contribution in [0.3, 0.4) is 0 Å². The molecule has 1 aromatic carbocycles. The second-order valence-corrected chi connectivity index (χ2v) is 3.89. The maximum atomic E-state index is 9.53. The van der Waals surface area contributed by atoms with Crippen LogP contribution in [0.2, 0.25) is 0 Å². The number of methoxy groups -OCH3 is 1. The van der Waals surface area contributed by atoms with Gasteiger partial charge in [0.25, 0.3) is 0 Å². The molecule has 0 aliphatic carbocycles. The van der Waals surface area contributed by atoms with E-state index in [2.05, 4.69) is 10.2 Å².